The molecule has 1 N–H and O–H groups in total. The Morgan fingerprint density at radius 3 is 2.52 bits per heavy atom. The fourth-order valence-electron chi connectivity index (χ4n) is 1.56. The molecule has 0 atom stereocenters. The molecule has 7 heteroatoms. The number of carbonyl (C=O) groups is 3. The summed E-state index contributed by atoms with van der Waals surface area (Å²) >= 11 is 0. The number of ether oxygens (including phenoxy) is 3. The molecule has 0 bridgehead atoms. The minimum Gasteiger partial charge on any atom is -0.493 e. The molecule has 0 saturated heterocycles. The van der Waals surface area contributed by atoms with E-state index in [0.717, 1.165) is 0 Å². The van der Waals surface area contributed by atoms with Gasteiger partial charge in [-0.2, -0.15) is 0 Å². The molecule has 1 aromatic carbocycles. The van der Waals surface area contributed by atoms with Crippen molar-refractivity contribution in [3.05, 3.63) is 35.9 Å². The van der Waals surface area contributed by atoms with Gasteiger partial charge in [-0.1, -0.05) is 18.2 Å². The van der Waals surface area contributed by atoms with E-state index in [1.807, 2.05) is 18.3 Å². The molecule has 1 rings (SSSR count). The van der Waals surface area contributed by atoms with Crippen molar-refractivity contribution in [2.45, 2.75) is 13.8 Å². The van der Waals surface area contributed by atoms with Crippen molar-refractivity contribution in [1.29, 1.82) is 0 Å². The number of imide groups is 1. The molecular formula is C16H19NO6. The second-order valence-corrected chi connectivity index (χ2v) is 4.18. The minimum absolute atomic E-state index is 0.140. The largest absolute Gasteiger partial charge is 0.493 e. The van der Waals surface area contributed by atoms with E-state index < -0.39 is 24.6 Å². The summed E-state index contributed by atoms with van der Waals surface area (Å²) in [4.78, 5) is 33.9. The number of benzene rings is 1. The van der Waals surface area contributed by atoms with Crippen LogP contribution in [0.3, 0.4) is 0 Å². The summed E-state index contributed by atoms with van der Waals surface area (Å²) in [5.41, 5.74) is 0.710. The van der Waals surface area contributed by atoms with Gasteiger partial charge in [0.15, 0.2) is 6.61 Å². The molecule has 0 aliphatic heterocycles. The predicted molar refractivity (Wildman–Crippen MR) is 82.8 cm³/mol. The number of carbonyl (C=O) groups excluding carboxylic acids is 3. The first kappa shape index (κ1) is 18.2. The second kappa shape index (κ2) is 9.99. The highest BCUT2D eigenvalue weighted by molar-refractivity contribution is 5.94. The Balaban J connectivity index is 2.47. The summed E-state index contributed by atoms with van der Waals surface area (Å²) in [6, 6.07) is 7.18. The highest BCUT2D eigenvalue weighted by Crippen LogP contribution is 2.19. The Kier molecular flexibility index (Phi) is 7.91. The van der Waals surface area contributed by atoms with Crippen molar-refractivity contribution in [2.24, 2.45) is 0 Å². The average molecular weight is 321 g/mol. The van der Waals surface area contributed by atoms with Crippen LogP contribution in [0.25, 0.3) is 6.08 Å². The molecule has 23 heavy (non-hydrogen) atoms. The number of rotatable bonds is 7. The maximum atomic E-state index is 11.6. The maximum Gasteiger partial charge on any atom is 0.413 e. The van der Waals surface area contributed by atoms with Gasteiger partial charge in [-0.25, -0.2) is 9.59 Å². The van der Waals surface area contributed by atoms with E-state index in [-0.39, 0.29) is 6.61 Å². The number of hydrogen-bond acceptors (Lipinski definition) is 6. The van der Waals surface area contributed by atoms with Crippen molar-refractivity contribution < 1.29 is 28.6 Å². The van der Waals surface area contributed by atoms with Crippen LogP contribution in [0.5, 0.6) is 5.75 Å². The summed E-state index contributed by atoms with van der Waals surface area (Å²) < 4.78 is 14.7. The fraction of sp³-hybridized carbons (Fsp3) is 0.312. The first-order valence-electron chi connectivity index (χ1n) is 7.10. The van der Waals surface area contributed by atoms with Crippen molar-refractivity contribution >= 4 is 24.0 Å². The smallest absolute Gasteiger partial charge is 0.413 e. The van der Waals surface area contributed by atoms with Gasteiger partial charge in [0.2, 0.25) is 0 Å². The average Bonchev–Trinajstić information content (AvgIpc) is 2.52. The Morgan fingerprint density at radius 2 is 1.83 bits per heavy atom. The minimum atomic E-state index is -0.880. The van der Waals surface area contributed by atoms with Crippen molar-refractivity contribution in [3.63, 3.8) is 0 Å². The SMILES string of the molecule is CCOC(=O)NC(=O)COC(=O)/C=C/c1ccccc1OCC. The molecule has 0 aromatic heterocycles. The molecule has 1 aromatic rings. The molecule has 0 spiro atoms. The van der Waals surface area contributed by atoms with E-state index in [9.17, 15) is 14.4 Å². The topological polar surface area (TPSA) is 90.9 Å². The molecule has 0 unspecified atom stereocenters. The monoisotopic (exact) mass is 321 g/mol. The lowest BCUT2D eigenvalue weighted by atomic mass is 10.2. The van der Waals surface area contributed by atoms with Gasteiger partial charge in [0.25, 0.3) is 5.91 Å². The molecule has 0 aliphatic rings. The van der Waals surface area contributed by atoms with Gasteiger partial charge in [-0.05, 0) is 26.0 Å². The normalized spacial score (nSPS) is 10.2. The van der Waals surface area contributed by atoms with Crippen molar-refractivity contribution in [2.75, 3.05) is 19.8 Å². The molecule has 0 fully saturated rings. The van der Waals surface area contributed by atoms with Crippen LogP contribution in [0.2, 0.25) is 0 Å². The molecule has 124 valence electrons. The van der Waals surface area contributed by atoms with E-state index in [4.69, 9.17) is 9.47 Å². The number of esters is 1. The van der Waals surface area contributed by atoms with E-state index in [1.54, 1.807) is 25.1 Å². The van der Waals surface area contributed by atoms with Crippen molar-refractivity contribution in [3.8, 4) is 5.75 Å². The Morgan fingerprint density at radius 1 is 1.09 bits per heavy atom. The van der Waals surface area contributed by atoms with E-state index >= 15 is 0 Å². The van der Waals surface area contributed by atoms with Crippen LogP contribution < -0.4 is 10.1 Å². The van der Waals surface area contributed by atoms with Crippen LogP contribution in [-0.2, 0) is 19.1 Å². The van der Waals surface area contributed by atoms with Gasteiger partial charge in [0.1, 0.15) is 5.75 Å². The molecular weight excluding hydrogens is 302 g/mol. The van der Waals surface area contributed by atoms with Gasteiger partial charge < -0.3 is 14.2 Å². The number of alkyl carbamates (subject to hydrolysis) is 1. The summed E-state index contributed by atoms with van der Waals surface area (Å²) in [5, 5.41) is 1.91. The molecule has 2 amide bonds. The standard InChI is InChI=1S/C16H19NO6/c1-3-21-13-8-6-5-7-12(13)9-10-15(19)23-11-14(18)17-16(20)22-4-2/h5-10H,3-4,11H2,1-2H3,(H,17,18,20)/b10-9+. The van der Waals surface area contributed by atoms with Gasteiger partial charge in [-0.3, -0.25) is 10.1 Å². The lowest BCUT2D eigenvalue weighted by Gasteiger charge is -2.06. The highest BCUT2D eigenvalue weighted by Gasteiger charge is 2.10. The van der Waals surface area contributed by atoms with E-state index in [2.05, 4.69) is 4.74 Å². The third-order valence-electron chi connectivity index (χ3n) is 2.48. The van der Waals surface area contributed by atoms with Crippen LogP contribution in [0.1, 0.15) is 19.4 Å². The zero-order chi connectivity index (χ0) is 17.1. The Bertz CT molecular complexity index is 582. The first-order chi connectivity index (χ1) is 11.1. The zero-order valence-electron chi connectivity index (χ0n) is 13.0. The number of para-hydroxylation sites is 1. The third-order valence-corrected chi connectivity index (χ3v) is 2.48. The van der Waals surface area contributed by atoms with Crippen molar-refractivity contribution in [1.82, 2.24) is 5.32 Å². The van der Waals surface area contributed by atoms with Crippen LogP contribution in [0.15, 0.2) is 30.3 Å². The van der Waals surface area contributed by atoms with Crippen LogP contribution in [0, 0.1) is 0 Å². The highest BCUT2D eigenvalue weighted by atomic mass is 16.6. The van der Waals surface area contributed by atoms with Crippen LogP contribution >= 0.6 is 0 Å². The summed E-state index contributed by atoms with van der Waals surface area (Å²) in [6.07, 6.45) is 1.82. The lowest BCUT2D eigenvalue weighted by molar-refractivity contribution is -0.143. The first-order valence-corrected chi connectivity index (χ1v) is 7.10. The Hall–Kier alpha value is -2.83. The van der Waals surface area contributed by atoms with Gasteiger partial charge >= 0.3 is 12.1 Å². The van der Waals surface area contributed by atoms with E-state index in [1.165, 1.54) is 12.2 Å². The fourth-order valence-corrected chi connectivity index (χ4v) is 1.56. The van der Waals surface area contributed by atoms with Crippen LogP contribution in [-0.4, -0.2) is 37.8 Å². The summed E-state index contributed by atoms with van der Waals surface area (Å²) in [7, 11) is 0. The van der Waals surface area contributed by atoms with Gasteiger partial charge in [0, 0.05) is 11.6 Å². The molecule has 0 radical (unpaired) electrons. The third kappa shape index (κ3) is 7.12. The van der Waals surface area contributed by atoms with Crippen LogP contribution in [0.4, 0.5) is 4.79 Å². The maximum absolute atomic E-state index is 11.6. The summed E-state index contributed by atoms with van der Waals surface area (Å²) in [5.74, 6) is -0.839. The molecule has 0 aliphatic carbocycles. The second-order valence-electron chi connectivity index (χ2n) is 4.18. The van der Waals surface area contributed by atoms with E-state index in [0.29, 0.717) is 17.9 Å². The molecule has 0 heterocycles. The van der Waals surface area contributed by atoms with Gasteiger partial charge in [-0.15, -0.1) is 0 Å². The number of nitrogens with one attached hydrogen (secondary N) is 1. The van der Waals surface area contributed by atoms with Gasteiger partial charge in [0.05, 0.1) is 13.2 Å². The number of hydrogen-bond donors (Lipinski definition) is 1. The molecule has 0 saturated carbocycles. The molecule has 7 nitrogen and oxygen atoms in total. The number of amides is 2. The zero-order valence-corrected chi connectivity index (χ0v) is 13.0. The quantitative estimate of drug-likeness (QED) is 0.609. The Labute approximate surface area is 134 Å². The predicted octanol–water partition coefficient (Wildman–Crippen LogP) is 1.91. The lowest BCUT2D eigenvalue weighted by Crippen LogP contribution is -2.34. The summed E-state index contributed by atoms with van der Waals surface area (Å²) in [6.45, 7) is 3.53.